The first-order valence-electron chi connectivity index (χ1n) is 7.68. The van der Waals surface area contributed by atoms with E-state index in [1.54, 1.807) is 18.2 Å². The number of rotatable bonds is 4. The van der Waals surface area contributed by atoms with Crippen molar-refractivity contribution in [3.63, 3.8) is 0 Å². The monoisotopic (exact) mass is 311 g/mol. The number of nitrogens with zero attached hydrogens (tertiary/aromatic N) is 1. The lowest BCUT2D eigenvalue weighted by Crippen LogP contribution is -2.33. The zero-order valence-corrected chi connectivity index (χ0v) is 14.0. The second kappa shape index (κ2) is 7.12. The van der Waals surface area contributed by atoms with E-state index >= 15 is 0 Å². The summed E-state index contributed by atoms with van der Waals surface area (Å²) in [6, 6.07) is 6.53. The van der Waals surface area contributed by atoms with Crippen molar-refractivity contribution in [3.05, 3.63) is 35.6 Å². The highest BCUT2D eigenvalue weighted by molar-refractivity contribution is 8.00. The van der Waals surface area contributed by atoms with E-state index in [9.17, 15) is 9.50 Å². The maximum absolute atomic E-state index is 13.8. The van der Waals surface area contributed by atoms with Crippen molar-refractivity contribution in [3.8, 4) is 0 Å². The molecule has 0 spiro atoms. The molecule has 0 bridgehead atoms. The minimum Gasteiger partial charge on any atom is -0.388 e. The Hall–Kier alpha value is -0.580. The highest BCUT2D eigenvalue weighted by Gasteiger charge is 2.26. The molecule has 21 heavy (non-hydrogen) atoms. The van der Waals surface area contributed by atoms with Gasteiger partial charge in [-0.15, -0.1) is 0 Å². The average molecular weight is 311 g/mol. The summed E-state index contributed by atoms with van der Waals surface area (Å²) in [6.07, 6.45) is 0.412. The SMILES string of the molecule is CC(CN1CCSC(C)(C)CC1)C(O)c1ccccc1F. The van der Waals surface area contributed by atoms with Crippen LogP contribution in [0.25, 0.3) is 0 Å². The summed E-state index contributed by atoms with van der Waals surface area (Å²) < 4.78 is 14.1. The first-order valence-corrected chi connectivity index (χ1v) is 8.66. The van der Waals surface area contributed by atoms with Crippen LogP contribution in [0.4, 0.5) is 4.39 Å². The molecule has 0 saturated carbocycles. The predicted molar refractivity (Wildman–Crippen MR) is 88.1 cm³/mol. The van der Waals surface area contributed by atoms with Crippen LogP contribution in [0.15, 0.2) is 24.3 Å². The second-order valence-electron chi connectivity index (χ2n) is 6.60. The van der Waals surface area contributed by atoms with Gasteiger partial charge in [0.1, 0.15) is 5.82 Å². The molecule has 1 heterocycles. The Balaban J connectivity index is 1.95. The molecular formula is C17H26FNOS. The third-order valence-corrected chi connectivity index (χ3v) is 5.61. The topological polar surface area (TPSA) is 23.5 Å². The number of thioether (sulfide) groups is 1. The van der Waals surface area contributed by atoms with Gasteiger partial charge in [-0.3, -0.25) is 0 Å². The Morgan fingerprint density at radius 2 is 2.05 bits per heavy atom. The van der Waals surface area contributed by atoms with E-state index in [2.05, 4.69) is 18.7 Å². The highest BCUT2D eigenvalue weighted by Crippen LogP contribution is 2.32. The molecular weight excluding hydrogens is 285 g/mol. The fraction of sp³-hybridized carbons (Fsp3) is 0.647. The molecule has 1 fully saturated rings. The van der Waals surface area contributed by atoms with Crippen LogP contribution in [0.3, 0.4) is 0 Å². The molecule has 0 radical (unpaired) electrons. The van der Waals surface area contributed by atoms with Crippen molar-refractivity contribution in [2.75, 3.05) is 25.4 Å². The number of aliphatic hydroxyl groups excluding tert-OH is 1. The molecule has 1 aliphatic heterocycles. The van der Waals surface area contributed by atoms with Gasteiger partial charge in [0.15, 0.2) is 0 Å². The zero-order chi connectivity index (χ0) is 15.5. The molecule has 4 heteroatoms. The van der Waals surface area contributed by atoms with Crippen LogP contribution in [0.2, 0.25) is 0 Å². The summed E-state index contributed by atoms with van der Waals surface area (Å²) >= 11 is 2.02. The molecule has 0 aliphatic carbocycles. The molecule has 2 nitrogen and oxygen atoms in total. The van der Waals surface area contributed by atoms with E-state index in [-0.39, 0.29) is 11.7 Å². The van der Waals surface area contributed by atoms with Gasteiger partial charge in [-0.25, -0.2) is 4.39 Å². The minimum absolute atomic E-state index is 0.0214. The van der Waals surface area contributed by atoms with Gasteiger partial charge < -0.3 is 10.0 Å². The quantitative estimate of drug-likeness (QED) is 0.917. The standard InChI is InChI=1S/C17H26FNOS/c1-13(16(20)14-6-4-5-7-15(14)18)12-19-9-8-17(2,3)21-11-10-19/h4-7,13,16,20H,8-12H2,1-3H3. The predicted octanol–water partition coefficient (Wildman–Crippen LogP) is 3.71. The van der Waals surface area contributed by atoms with Gasteiger partial charge in [-0.05, 0) is 24.9 Å². The van der Waals surface area contributed by atoms with Crippen molar-refractivity contribution in [2.45, 2.75) is 38.0 Å². The van der Waals surface area contributed by atoms with E-state index in [1.807, 2.05) is 18.7 Å². The number of benzene rings is 1. The Morgan fingerprint density at radius 1 is 1.33 bits per heavy atom. The van der Waals surface area contributed by atoms with Crippen LogP contribution < -0.4 is 0 Å². The third-order valence-electron chi connectivity index (χ3n) is 4.24. The lowest BCUT2D eigenvalue weighted by molar-refractivity contribution is 0.0865. The molecule has 1 N–H and O–H groups in total. The molecule has 2 rings (SSSR count). The first kappa shape index (κ1) is 16.8. The smallest absolute Gasteiger partial charge is 0.129 e. The second-order valence-corrected chi connectivity index (χ2v) is 8.40. The highest BCUT2D eigenvalue weighted by atomic mass is 32.2. The lowest BCUT2D eigenvalue weighted by atomic mass is 9.96. The van der Waals surface area contributed by atoms with Gasteiger partial charge in [-0.2, -0.15) is 11.8 Å². The summed E-state index contributed by atoms with van der Waals surface area (Å²) in [5.41, 5.74) is 0.412. The molecule has 1 saturated heterocycles. The van der Waals surface area contributed by atoms with Crippen LogP contribution >= 0.6 is 11.8 Å². The number of halogens is 1. The van der Waals surface area contributed by atoms with Gasteiger partial charge in [-0.1, -0.05) is 39.0 Å². The molecule has 0 amide bonds. The summed E-state index contributed by atoms with van der Waals surface area (Å²) in [5, 5.41) is 10.4. The zero-order valence-electron chi connectivity index (χ0n) is 13.2. The largest absolute Gasteiger partial charge is 0.388 e. The summed E-state index contributed by atoms with van der Waals surface area (Å²) in [4.78, 5) is 2.40. The normalized spacial score (nSPS) is 22.5. The van der Waals surface area contributed by atoms with Crippen LogP contribution in [-0.4, -0.2) is 40.1 Å². The maximum Gasteiger partial charge on any atom is 0.129 e. The Kier molecular flexibility index (Phi) is 5.69. The molecule has 118 valence electrons. The van der Waals surface area contributed by atoms with E-state index in [0.29, 0.717) is 10.3 Å². The minimum atomic E-state index is -0.741. The third kappa shape index (κ3) is 4.70. The molecule has 1 aromatic rings. The van der Waals surface area contributed by atoms with E-state index in [4.69, 9.17) is 0 Å². The molecule has 1 aromatic carbocycles. The van der Waals surface area contributed by atoms with Gasteiger partial charge in [0.25, 0.3) is 0 Å². The fourth-order valence-corrected chi connectivity index (χ4v) is 3.91. The lowest BCUT2D eigenvalue weighted by Gasteiger charge is -2.27. The summed E-state index contributed by atoms with van der Waals surface area (Å²) in [5.74, 6) is 0.827. The fourth-order valence-electron chi connectivity index (χ4n) is 2.77. The number of aliphatic hydroxyl groups is 1. The molecule has 1 aliphatic rings. The van der Waals surface area contributed by atoms with Crippen LogP contribution in [0, 0.1) is 11.7 Å². The van der Waals surface area contributed by atoms with Crippen LogP contribution in [0.5, 0.6) is 0 Å². The van der Waals surface area contributed by atoms with Crippen LogP contribution in [-0.2, 0) is 0 Å². The summed E-state index contributed by atoms with van der Waals surface area (Å²) in [6.45, 7) is 9.49. The van der Waals surface area contributed by atoms with Crippen molar-refractivity contribution < 1.29 is 9.50 Å². The average Bonchev–Trinajstić information content (AvgIpc) is 2.60. The van der Waals surface area contributed by atoms with Gasteiger partial charge in [0.2, 0.25) is 0 Å². The van der Waals surface area contributed by atoms with Gasteiger partial charge >= 0.3 is 0 Å². The molecule has 0 aromatic heterocycles. The van der Waals surface area contributed by atoms with Gasteiger partial charge in [0, 0.05) is 29.2 Å². The first-order chi connectivity index (χ1) is 9.89. The van der Waals surface area contributed by atoms with Crippen molar-refractivity contribution in [2.24, 2.45) is 5.92 Å². The van der Waals surface area contributed by atoms with E-state index in [1.165, 1.54) is 6.07 Å². The van der Waals surface area contributed by atoms with E-state index < -0.39 is 6.10 Å². The van der Waals surface area contributed by atoms with Gasteiger partial charge in [0.05, 0.1) is 6.10 Å². The Bertz CT molecular complexity index is 466. The summed E-state index contributed by atoms with van der Waals surface area (Å²) in [7, 11) is 0. The number of hydrogen-bond donors (Lipinski definition) is 1. The Morgan fingerprint density at radius 3 is 2.76 bits per heavy atom. The molecule has 2 unspecified atom stereocenters. The van der Waals surface area contributed by atoms with Crippen molar-refractivity contribution in [1.29, 1.82) is 0 Å². The van der Waals surface area contributed by atoms with Crippen molar-refractivity contribution in [1.82, 2.24) is 4.90 Å². The number of hydrogen-bond acceptors (Lipinski definition) is 3. The Labute approximate surface area is 131 Å². The maximum atomic E-state index is 13.8. The van der Waals surface area contributed by atoms with Crippen LogP contribution in [0.1, 0.15) is 38.9 Å². The van der Waals surface area contributed by atoms with E-state index in [0.717, 1.165) is 31.8 Å². The van der Waals surface area contributed by atoms with Crippen molar-refractivity contribution >= 4 is 11.8 Å². The molecule has 2 atom stereocenters.